The summed E-state index contributed by atoms with van der Waals surface area (Å²) < 4.78 is 41.5. The second-order valence-corrected chi connectivity index (χ2v) is 8.59. The lowest BCUT2D eigenvalue weighted by molar-refractivity contribution is -0.140. The summed E-state index contributed by atoms with van der Waals surface area (Å²) in [5, 5.41) is 12.3. The van der Waals surface area contributed by atoms with E-state index in [0.29, 0.717) is 35.8 Å². The van der Waals surface area contributed by atoms with Crippen molar-refractivity contribution in [3.05, 3.63) is 59.3 Å². The summed E-state index contributed by atoms with van der Waals surface area (Å²) in [6, 6.07) is 5.13. The Morgan fingerprint density at radius 3 is 2.86 bits per heavy atom. The standard InChI is InChI=1S/C22H20ClF3N8O/c1-12-11-33(6-4-27-12)21(35)14-3-2-13(8-16(14)23)31-19-20-29-10-17(34(20)7-5-28-19)15-9-30-32-18(15)22(24,25)26/h2-3,5,7-10,12,27H,4,6,11H2,1H3,(H,28,31)(H,30,32)/t12-/m0/s1. The minimum absolute atomic E-state index is 0.129. The molecule has 0 radical (unpaired) electrons. The number of benzene rings is 1. The van der Waals surface area contributed by atoms with Crippen molar-refractivity contribution in [3.63, 3.8) is 0 Å². The van der Waals surface area contributed by atoms with Gasteiger partial charge < -0.3 is 15.5 Å². The average molecular weight is 505 g/mol. The molecule has 3 N–H and O–H groups in total. The number of piperazine rings is 1. The van der Waals surface area contributed by atoms with Crippen LogP contribution in [0.4, 0.5) is 24.7 Å². The van der Waals surface area contributed by atoms with E-state index in [1.165, 1.54) is 29.2 Å². The lowest BCUT2D eigenvalue weighted by atomic mass is 10.1. The molecule has 4 heterocycles. The minimum Gasteiger partial charge on any atom is -0.337 e. The van der Waals surface area contributed by atoms with Crippen LogP contribution >= 0.6 is 11.6 Å². The van der Waals surface area contributed by atoms with Crippen molar-refractivity contribution in [1.82, 2.24) is 34.8 Å². The molecule has 182 valence electrons. The molecule has 5 rings (SSSR count). The number of hydrogen-bond acceptors (Lipinski definition) is 6. The first-order valence-corrected chi connectivity index (χ1v) is 11.1. The number of H-pyrrole nitrogens is 1. The molecule has 0 unspecified atom stereocenters. The molecular weight excluding hydrogens is 485 g/mol. The Bertz CT molecular complexity index is 1400. The number of rotatable bonds is 4. The Hall–Kier alpha value is -3.64. The highest BCUT2D eigenvalue weighted by atomic mass is 35.5. The first-order valence-electron chi connectivity index (χ1n) is 10.7. The zero-order chi connectivity index (χ0) is 24.7. The van der Waals surface area contributed by atoms with Gasteiger partial charge in [0.15, 0.2) is 17.2 Å². The summed E-state index contributed by atoms with van der Waals surface area (Å²) in [5.74, 6) is 0.162. The smallest absolute Gasteiger partial charge is 0.337 e. The molecule has 13 heteroatoms. The van der Waals surface area contributed by atoms with Gasteiger partial charge in [0.25, 0.3) is 5.91 Å². The highest BCUT2D eigenvalue weighted by Gasteiger charge is 2.37. The van der Waals surface area contributed by atoms with Crippen LogP contribution < -0.4 is 10.6 Å². The molecule has 0 saturated carbocycles. The van der Waals surface area contributed by atoms with Crippen LogP contribution in [-0.2, 0) is 6.18 Å². The maximum absolute atomic E-state index is 13.3. The predicted octanol–water partition coefficient (Wildman–Crippen LogP) is 3.97. The van der Waals surface area contributed by atoms with Crippen molar-refractivity contribution in [3.8, 4) is 11.3 Å². The topological polar surface area (TPSA) is 103 Å². The molecule has 1 aromatic carbocycles. The number of carbonyl (C=O) groups excluding carboxylic acids is 1. The molecule has 3 aromatic heterocycles. The number of alkyl halides is 3. The van der Waals surface area contributed by atoms with Gasteiger partial charge in [-0.3, -0.25) is 14.3 Å². The van der Waals surface area contributed by atoms with E-state index in [1.807, 2.05) is 6.92 Å². The third kappa shape index (κ3) is 4.42. The number of nitrogens with one attached hydrogen (secondary N) is 3. The van der Waals surface area contributed by atoms with E-state index in [0.717, 1.165) is 6.54 Å². The van der Waals surface area contributed by atoms with E-state index in [-0.39, 0.29) is 28.2 Å². The molecular formula is C22H20ClF3N8O. The van der Waals surface area contributed by atoms with Crippen LogP contribution in [0.1, 0.15) is 23.0 Å². The zero-order valence-electron chi connectivity index (χ0n) is 18.4. The van der Waals surface area contributed by atoms with Gasteiger partial charge in [0.2, 0.25) is 0 Å². The van der Waals surface area contributed by atoms with Gasteiger partial charge in [-0.25, -0.2) is 9.97 Å². The maximum atomic E-state index is 13.3. The normalized spacial score (nSPS) is 16.6. The summed E-state index contributed by atoms with van der Waals surface area (Å²) in [4.78, 5) is 23.2. The Morgan fingerprint density at radius 1 is 1.29 bits per heavy atom. The zero-order valence-corrected chi connectivity index (χ0v) is 19.2. The molecule has 35 heavy (non-hydrogen) atoms. The fourth-order valence-corrected chi connectivity index (χ4v) is 4.36. The fourth-order valence-electron chi connectivity index (χ4n) is 4.10. The maximum Gasteiger partial charge on any atom is 0.435 e. The van der Waals surface area contributed by atoms with E-state index in [4.69, 9.17) is 11.6 Å². The van der Waals surface area contributed by atoms with Gasteiger partial charge in [-0.1, -0.05) is 11.6 Å². The molecule has 4 aromatic rings. The highest BCUT2D eigenvalue weighted by Crippen LogP contribution is 2.36. The molecule has 1 aliphatic rings. The molecule has 1 atom stereocenters. The van der Waals surface area contributed by atoms with Crippen LogP contribution in [0.5, 0.6) is 0 Å². The molecule has 1 fully saturated rings. The minimum atomic E-state index is -4.62. The van der Waals surface area contributed by atoms with E-state index < -0.39 is 11.9 Å². The number of carbonyl (C=O) groups is 1. The molecule has 9 nitrogen and oxygen atoms in total. The average Bonchev–Trinajstić information content (AvgIpc) is 3.46. The summed E-state index contributed by atoms with van der Waals surface area (Å²) in [7, 11) is 0. The second kappa shape index (κ2) is 8.86. The van der Waals surface area contributed by atoms with Crippen LogP contribution in [0.3, 0.4) is 0 Å². The van der Waals surface area contributed by atoms with Crippen molar-refractivity contribution in [2.45, 2.75) is 19.1 Å². The van der Waals surface area contributed by atoms with Gasteiger partial charge in [0, 0.05) is 50.0 Å². The van der Waals surface area contributed by atoms with Crippen LogP contribution in [0.15, 0.2) is 43.0 Å². The van der Waals surface area contributed by atoms with Gasteiger partial charge in [-0.05, 0) is 25.1 Å². The van der Waals surface area contributed by atoms with Crippen LogP contribution in [-0.4, -0.2) is 61.0 Å². The van der Waals surface area contributed by atoms with Gasteiger partial charge in [0.05, 0.1) is 28.0 Å². The van der Waals surface area contributed by atoms with E-state index in [2.05, 4.69) is 30.8 Å². The van der Waals surface area contributed by atoms with Crippen molar-refractivity contribution in [2.75, 3.05) is 25.0 Å². The fraction of sp³-hybridized carbons (Fsp3) is 0.273. The van der Waals surface area contributed by atoms with Gasteiger partial charge in [-0.2, -0.15) is 18.3 Å². The predicted molar refractivity (Wildman–Crippen MR) is 124 cm³/mol. The van der Waals surface area contributed by atoms with Crippen molar-refractivity contribution in [2.24, 2.45) is 0 Å². The van der Waals surface area contributed by atoms with Crippen LogP contribution in [0.25, 0.3) is 16.9 Å². The molecule has 1 saturated heterocycles. The highest BCUT2D eigenvalue weighted by molar-refractivity contribution is 6.34. The Morgan fingerprint density at radius 2 is 2.11 bits per heavy atom. The lowest BCUT2D eigenvalue weighted by Gasteiger charge is -2.32. The number of halogens is 4. The molecule has 0 bridgehead atoms. The number of nitrogens with zero attached hydrogens (tertiary/aromatic N) is 5. The summed E-state index contributed by atoms with van der Waals surface area (Å²) in [5.41, 5.74) is 0.287. The monoisotopic (exact) mass is 504 g/mol. The summed E-state index contributed by atoms with van der Waals surface area (Å²) in [6.45, 7) is 3.92. The van der Waals surface area contributed by atoms with Gasteiger partial charge in [0.1, 0.15) is 0 Å². The number of anilines is 2. The van der Waals surface area contributed by atoms with Crippen molar-refractivity contribution < 1.29 is 18.0 Å². The second-order valence-electron chi connectivity index (χ2n) is 8.18. The SMILES string of the molecule is C[C@H]1CN(C(=O)c2ccc(Nc3nccn4c(-c5c[nH]nc5C(F)(F)F)cnc34)cc2Cl)CCN1. The lowest BCUT2D eigenvalue weighted by Crippen LogP contribution is -2.51. The largest absolute Gasteiger partial charge is 0.435 e. The van der Waals surface area contributed by atoms with E-state index in [9.17, 15) is 18.0 Å². The van der Waals surface area contributed by atoms with Gasteiger partial charge >= 0.3 is 6.18 Å². The van der Waals surface area contributed by atoms with E-state index >= 15 is 0 Å². The Kier molecular flexibility index (Phi) is 5.85. The number of aromatic amines is 1. The number of fused-ring (bicyclic) bond motifs is 1. The number of hydrogen-bond donors (Lipinski definition) is 3. The molecule has 0 aliphatic carbocycles. The van der Waals surface area contributed by atoms with Crippen molar-refractivity contribution >= 4 is 34.7 Å². The number of imidazole rings is 1. The molecule has 1 amide bonds. The Balaban J connectivity index is 1.42. The quantitative estimate of drug-likeness (QED) is 0.388. The molecule has 1 aliphatic heterocycles. The molecule has 0 spiro atoms. The summed E-state index contributed by atoms with van der Waals surface area (Å²) in [6.07, 6.45) is 0.838. The van der Waals surface area contributed by atoms with E-state index in [1.54, 1.807) is 23.1 Å². The number of amides is 1. The van der Waals surface area contributed by atoms with Crippen LogP contribution in [0, 0.1) is 0 Å². The third-order valence-electron chi connectivity index (χ3n) is 5.73. The number of aromatic nitrogens is 5. The first kappa shape index (κ1) is 23.1. The summed E-state index contributed by atoms with van der Waals surface area (Å²) >= 11 is 6.43. The van der Waals surface area contributed by atoms with Gasteiger partial charge in [-0.15, -0.1) is 0 Å². The first-order chi connectivity index (χ1) is 16.7. The van der Waals surface area contributed by atoms with Crippen LogP contribution in [0.2, 0.25) is 5.02 Å². The Labute approximate surface area is 202 Å². The third-order valence-corrected chi connectivity index (χ3v) is 6.04. The van der Waals surface area contributed by atoms with Crippen molar-refractivity contribution in [1.29, 1.82) is 0 Å².